The molecule has 108 valence electrons. The third kappa shape index (κ3) is 3.40. The van der Waals surface area contributed by atoms with Gasteiger partial charge >= 0.3 is 0 Å². The quantitative estimate of drug-likeness (QED) is 0.755. The van der Waals surface area contributed by atoms with Crippen LogP contribution in [0.1, 0.15) is 12.0 Å². The minimum absolute atomic E-state index is 0.705. The summed E-state index contributed by atoms with van der Waals surface area (Å²) in [4.78, 5) is 7.09. The molecule has 0 saturated carbocycles. The van der Waals surface area contributed by atoms with E-state index in [1.165, 1.54) is 10.3 Å². The number of aromatic nitrogens is 1. The van der Waals surface area contributed by atoms with Crippen molar-refractivity contribution in [2.75, 3.05) is 18.0 Å². The molecule has 0 bridgehead atoms. The van der Waals surface area contributed by atoms with Gasteiger partial charge in [0, 0.05) is 13.1 Å². The van der Waals surface area contributed by atoms with Crippen LogP contribution in [0.2, 0.25) is 0 Å². The van der Waals surface area contributed by atoms with Crippen molar-refractivity contribution in [1.29, 1.82) is 0 Å². The number of rotatable bonds is 6. The van der Waals surface area contributed by atoms with Crippen LogP contribution in [0.3, 0.4) is 0 Å². The fourth-order valence-electron chi connectivity index (χ4n) is 2.32. The van der Waals surface area contributed by atoms with Crippen LogP contribution in [0.15, 0.2) is 54.6 Å². The van der Waals surface area contributed by atoms with Crippen molar-refractivity contribution in [3.63, 3.8) is 0 Å². The topological polar surface area (TPSA) is 42.1 Å². The molecule has 0 saturated heterocycles. The Morgan fingerprint density at radius 3 is 2.52 bits per heavy atom. The molecule has 21 heavy (non-hydrogen) atoms. The van der Waals surface area contributed by atoms with Gasteiger partial charge in [0.25, 0.3) is 0 Å². The number of fused-ring (bicyclic) bond motifs is 1. The van der Waals surface area contributed by atoms with E-state index < -0.39 is 0 Å². The van der Waals surface area contributed by atoms with E-state index in [0.717, 1.165) is 30.2 Å². The van der Waals surface area contributed by atoms with Crippen molar-refractivity contribution in [2.45, 2.75) is 13.0 Å². The molecule has 2 aromatic carbocycles. The zero-order chi connectivity index (χ0) is 14.5. The van der Waals surface area contributed by atoms with Crippen molar-refractivity contribution in [1.82, 2.24) is 4.98 Å². The van der Waals surface area contributed by atoms with E-state index in [1.54, 1.807) is 11.3 Å². The zero-order valence-electron chi connectivity index (χ0n) is 11.9. The average Bonchev–Trinajstić information content (AvgIpc) is 2.96. The van der Waals surface area contributed by atoms with Crippen LogP contribution in [-0.4, -0.2) is 18.1 Å². The van der Waals surface area contributed by atoms with Gasteiger partial charge in [0.05, 0.1) is 10.2 Å². The highest BCUT2D eigenvalue weighted by molar-refractivity contribution is 7.22. The Hall–Kier alpha value is -1.91. The van der Waals surface area contributed by atoms with Gasteiger partial charge in [0.15, 0.2) is 5.13 Å². The Morgan fingerprint density at radius 2 is 1.76 bits per heavy atom. The molecule has 4 heteroatoms. The minimum Gasteiger partial charge on any atom is -0.344 e. The standard InChI is InChI=1S/C17H19N3S/c18-11-6-12-20(13-14-7-2-1-3-8-14)17-19-15-9-4-5-10-16(15)21-17/h1-5,7-10H,6,11-13,18H2. The first-order valence-electron chi connectivity index (χ1n) is 7.21. The molecule has 1 heterocycles. The van der Waals surface area contributed by atoms with Crippen molar-refractivity contribution >= 4 is 26.7 Å². The predicted octanol–water partition coefficient (Wildman–Crippen LogP) is 3.65. The first-order chi connectivity index (χ1) is 10.4. The minimum atomic E-state index is 0.705. The highest BCUT2D eigenvalue weighted by Crippen LogP contribution is 2.29. The zero-order valence-corrected chi connectivity index (χ0v) is 12.7. The second-order valence-corrected chi connectivity index (χ2v) is 6.02. The molecule has 0 aliphatic carbocycles. The third-order valence-corrected chi connectivity index (χ3v) is 4.50. The fraction of sp³-hybridized carbons (Fsp3) is 0.235. The summed E-state index contributed by atoms with van der Waals surface area (Å²) < 4.78 is 1.23. The van der Waals surface area contributed by atoms with E-state index >= 15 is 0 Å². The number of anilines is 1. The predicted molar refractivity (Wildman–Crippen MR) is 90.8 cm³/mol. The van der Waals surface area contributed by atoms with Gasteiger partial charge in [-0.05, 0) is 30.7 Å². The Kier molecular flexibility index (Phi) is 4.48. The summed E-state index contributed by atoms with van der Waals surface area (Å²) in [5.41, 5.74) is 8.05. The van der Waals surface area contributed by atoms with Crippen LogP contribution in [-0.2, 0) is 6.54 Å². The second-order valence-electron chi connectivity index (χ2n) is 5.01. The molecule has 1 aromatic heterocycles. The van der Waals surface area contributed by atoms with Gasteiger partial charge in [-0.25, -0.2) is 4.98 Å². The van der Waals surface area contributed by atoms with E-state index in [1.807, 2.05) is 12.1 Å². The van der Waals surface area contributed by atoms with Crippen LogP contribution in [0.4, 0.5) is 5.13 Å². The third-order valence-electron chi connectivity index (χ3n) is 3.40. The molecule has 3 nitrogen and oxygen atoms in total. The Balaban J connectivity index is 1.87. The molecular weight excluding hydrogens is 278 g/mol. The van der Waals surface area contributed by atoms with Crippen LogP contribution in [0, 0.1) is 0 Å². The average molecular weight is 297 g/mol. The largest absolute Gasteiger partial charge is 0.344 e. The van der Waals surface area contributed by atoms with Crippen molar-refractivity contribution in [2.24, 2.45) is 5.73 Å². The maximum Gasteiger partial charge on any atom is 0.186 e. The number of para-hydroxylation sites is 1. The Bertz CT molecular complexity index is 660. The van der Waals surface area contributed by atoms with E-state index in [0.29, 0.717) is 6.54 Å². The molecule has 3 aromatic rings. The highest BCUT2D eigenvalue weighted by Gasteiger charge is 2.12. The van der Waals surface area contributed by atoms with E-state index in [2.05, 4.69) is 47.4 Å². The van der Waals surface area contributed by atoms with Crippen molar-refractivity contribution in [3.05, 3.63) is 60.2 Å². The second kappa shape index (κ2) is 6.70. The van der Waals surface area contributed by atoms with Gasteiger partial charge in [-0.1, -0.05) is 53.8 Å². The smallest absolute Gasteiger partial charge is 0.186 e. The molecule has 0 aliphatic heterocycles. The lowest BCUT2D eigenvalue weighted by molar-refractivity contribution is 0.734. The summed E-state index contributed by atoms with van der Waals surface area (Å²) >= 11 is 1.75. The molecule has 0 spiro atoms. The number of hydrogen-bond acceptors (Lipinski definition) is 4. The molecule has 0 amide bonds. The Morgan fingerprint density at radius 1 is 1.00 bits per heavy atom. The van der Waals surface area contributed by atoms with Crippen LogP contribution in [0.5, 0.6) is 0 Å². The molecule has 2 N–H and O–H groups in total. The van der Waals surface area contributed by atoms with E-state index in [4.69, 9.17) is 10.7 Å². The van der Waals surface area contributed by atoms with Gasteiger partial charge in [-0.3, -0.25) is 0 Å². The first-order valence-corrected chi connectivity index (χ1v) is 8.03. The van der Waals surface area contributed by atoms with Crippen LogP contribution in [0.25, 0.3) is 10.2 Å². The molecular formula is C17H19N3S. The van der Waals surface area contributed by atoms with Gasteiger partial charge in [-0.15, -0.1) is 0 Å². The maximum absolute atomic E-state index is 5.68. The Labute approximate surface area is 129 Å². The molecule has 0 aliphatic rings. The van der Waals surface area contributed by atoms with Crippen molar-refractivity contribution in [3.8, 4) is 0 Å². The maximum atomic E-state index is 5.68. The van der Waals surface area contributed by atoms with Crippen LogP contribution >= 0.6 is 11.3 Å². The summed E-state index contributed by atoms with van der Waals surface area (Å²) in [6.07, 6.45) is 0.975. The molecule has 0 unspecified atom stereocenters. The number of benzene rings is 2. The number of hydrogen-bond donors (Lipinski definition) is 1. The number of nitrogens with two attached hydrogens (primary N) is 1. The summed E-state index contributed by atoms with van der Waals surface area (Å²) in [6, 6.07) is 18.8. The summed E-state index contributed by atoms with van der Waals surface area (Å²) in [5.74, 6) is 0. The van der Waals surface area contributed by atoms with Gasteiger partial charge < -0.3 is 10.6 Å². The SMILES string of the molecule is NCCCN(Cc1ccccc1)c1nc2ccccc2s1. The number of nitrogens with zero attached hydrogens (tertiary/aromatic N) is 2. The lowest BCUT2D eigenvalue weighted by Crippen LogP contribution is -2.25. The molecule has 0 radical (unpaired) electrons. The summed E-state index contributed by atoms with van der Waals surface area (Å²) in [7, 11) is 0. The van der Waals surface area contributed by atoms with Crippen LogP contribution < -0.4 is 10.6 Å². The summed E-state index contributed by atoms with van der Waals surface area (Å²) in [6.45, 7) is 2.52. The normalized spacial score (nSPS) is 10.9. The summed E-state index contributed by atoms with van der Waals surface area (Å²) in [5, 5.41) is 1.08. The molecule has 3 rings (SSSR count). The van der Waals surface area contributed by atoms with Gasteiger partial charge in [-0.2, -0.15) is 0 Å². The number of thiazole rings is 1. The van der Waals surface area contributed by atoms with Gasteiger partial charge in [0.2, 0.25) is 0 Å². The fourth-order valence-corrected chi connectivity index (χ4v) is 3.31. The monoisotopic (exact) mass is 297 g/mol. The van der Waals surface area contributed by atoms with E-state index in [-0.39, 0.29) is 0 Å². The lowest BCUT2D eigenvalue weighted by atomic mass is 10.2. The first kappa shape index (κ1) is 14.0. The van der Waals surface area contributed by atoms with Gasteiger partial charge in [0.1, 0.15) is 0 Å². The molecule has 0 atom stereocenters. The molecule has 0 fully saturated rings. The lowest BCUT2D eigenvalue weighted by Gasteiger charge is -2.21. The highest BCUT2D eigenvalue weighted by atomic mass is 32.1. The van der Waals surface area contributed by atoms with E-state index in [9.17, 15) is 0 Å². The van der Waals surface area contributed by atoms with Crippen molar-refractivity contribution < 1.29 is 0 Å².